The maximum Gasteiger partial charge on any atom is 0.249 e. The lowest BCUT2D eigenvalue weighted by molar-refractivity contribution is 0.100. The Balaban J connectivity index is 1.58. The Kier molecular flexibility index (Phi) is 4.67. The minimum absolute atomic E-state index is 0.433. The number of nitrogens with zero attached hydrogens (tertiary/aromatic N) is 2. The maximum absolute atomic E-state index is 11.8. The number of carbonyl (C=O) groups excluding carboxylic acids is 1. The first-order chi connectivity index (χ1) is 14.7. The topological polar surface area (TPSA) is 94.0 Å². The van der Waals surface area contributed by atoms with Crippen LogP contribution in [0.1, 0.15) is 40.0 Å². The maximum atomic E-state index is 11.8. The van der Waals surface area contributed by atoms with Crippen molar-refractivity contribution in [3.63, 3.8) is 0 Å². The number of rotatable bonds is 5. The van der Waals surface area contributed by atoms with E-state index in [2.05, 4.69) is 17.4 Å². The van der Waals surface area contributed by atoms with Gasteiger partial charge in [0.25, 0.3) is 0 Å². The molecule has 1 aliphatic rings. The number of nitrogens with one attached hydrogen (secondary N) is 1. The van der Waals surface area contributed by atoms with Crippen LogP contribution >= 0.6 is 0 Å². The van der Waals surface area contributed by atoms with Crippen molar-refractivity contribution in [2.75, 3.05) is 5.32 Å². The van der Waals surface area contributed by atoms with Gasteiger partial charge in [0.2, 0.25) is 5.91 Å². The Bertz CT molecular complexity index is 1230. The van der Waals surface area contributed by atoms with E-state index < -0.39 is 5.91 Å². The zero-order valence-corrected chi connectivity index (χ0v) is 16.5. The first-order valence-corrected chi connectivity index (χ1v) is 10.2. The molecule has 0 atom stereocenters. The van der Waals surface area contributed by atoms with E-state index in [4.69, 9.17) is 20.1 Å². The van der Waals surface area contributed by atoms with E-state index in [0.717, 1.165) is 42.6 Å². The minimum Gasteiger partial charge on any atom is -0.460 e. The van der Waals surface area contributed by atoms with Gasteiger partial charge in [0.05, 0.1) is 5.56 Å². The van der Waals surface area contributed by atoms with E-state index in [1.807, 2.05) is 24.3 Å². The molecule has 0 saturated heterocycles. The number of fused-ring (bicyclic) bond motifs is 2. The normalized spacial score (nSPS) is 13.2. The molecule has 5 rings (SSSR count). The number of hydrogen-bond acceptors (Lipinski definition) is 5. The van der Waals surface area contributed by atoms with Gasteiger partial charge < -0.3 is 15.5 Å². The van der Waals surface area contributed by atoms with Crippen LogP contribution in [-0.2, 0) is 19.4 Å². The molecule has 0 aliphatic heterocycles. The molecule has 0 unspecified atom stereocenters. The van der Waals surface area contributed by atoms with Crippen LogP contribution in [-0.4, -0.2) is 15.9 Å². The van der Waals surface area contributed by atoms with E-state index in [-0.39, 0.29) is 0 Å². The molecule has 4 aromatic rings. The molecule has 2 aromatic heterocycles. The van der Waals surface area contributed by atoms with Crippen LogP contribution in [0.25, 0.3) is 22.4 Å². The van der Waals surface area contributed by atoms with Gasteiger partial charge in [-0.2, -0.15) is 0 Å². The van der Waals surface area contributed by atoms with Crippen molar-refractivity contribution in [3.8, 4) is 11.6 Å². The number of furan rings is 1. The summed E-state index contributed by atoms with van der Waals surface area (Å²) >= 11 is 0. The highest BCUT2D eigenvalue weighted by molar-refractivity contribution is 6.08. The Morgan fingerprint density at radius 1 is 1.00 bits per heavy atom. The van der Waals surface area contributed by atoms with E-state index >= 15 is 0 Å². The number of hydrogen-bond donors (Lipinski definition) is 2. The lowest BCUT2D eigenvalue weighted by Gasteiger charge is -2.19. The van der Waals surface area contributed by atoms with Crippen LogP contribution in [0.4, 0.5) is 5.82 Å². The average Bonchev–Trinajstić information content (AvgIpc) is 3.22. The monoisotopic (exact) mass is 398 g/mol. The summed E-state index contributed by atoms with van der Waals surface area (Å²) in [4.78, 5) is 21.4. The number of primary amides is 1. The molecule has 0 saturated carbocycles. The summed E-state index contributed by atoms with van der Waals surface area (Å²) in [6, 6.07) is 15.7. The molecule has 1 aliphatic carbocycles. The molecule has 0 bridgehead atoms. The van der Waals surface area contributed by atoms with Gasteiger partial charge in [-0.15, -0.1) is 0 Å². The van der Waals surface area contributed by atoms with Crippen molar-refractivity contribution >= 4 is 22.5 Å². The molecule has 0 spiro atoms. The average molecular weight is 398 g/mol. The number of aromatic nitrogens is 2. The van der Waals surface area contributed by atoms with Crippen LogP contribution in [0.3, 0.4) is 0 Å². The molecule has 0 fully saturated rings. The Labute approximate surface area is 174 Å². The van der Waals surface area contributed by atoms with Crippen LogP contribution in [0.2, 0.25) is 0 Å². The minimum atomic E-state index is -0.482. The number of amides is 1. The van der Waals surface area contributed by atoms with Gasteiger partial charge >= 0.3 is 0 Å². The number of aryl methyl sites for hydroxylation is 1. The second-order valence-electron chi connectivity index (χ2n) is 7.56. The Hall–Kier alpha value is -3.67. The van der Waals surface area contributed by atoms with Crippen molar-refractivity contribution < 1.29 is 9.21 Å². The van der Waals surface area contributed by atoms with Crippen LogP contribution in [0.15, 0.2) is 59.2 Å². The molecule has 30 heavy (non-hydrogen) atoms. The van der Waals surface area contributed by atoms with Crippen LogP contribution in [0.5, 0.6) is 0 Å². The molecule has 1 amide bonds. The predicted octanol–water partition coefficient (Wildman–Crippen LogP) is 4.48. The second kappa shape index (κ2) is 7.63. The summed E-state index contributed by atoms with van der Waals surface area (Å²) < 4.78 is 5.84. The first kappa shape index (κ1) is 18.4. The van der Waals surface area contributed by atoms with E-state index in [1.165, 1.54) is 11.1 Å². The Morgan fingerprint density at radius 2 is 1.83 bits per heavy atom. The molecular formula is C24H22N4O2. The fourth-order valence-corrected chi connectivity index (χ4v) is 4.08. The summed E-state index contributed by atoms with van der Waals surface area (Å²) in [5, 5.41) is 4.97. The number of anilines is 1. The van der Waals surface area contributed by atoms with Crippen molar-refractivity contribution in [3.05, 3.63) is 77.2 Å². The molecule has 6 heteroatoms. The fraction of sp³-hybridized carbons (Fsp3) is 0.208. The summed E-state index contributed by atoms with van der Waals surface area (Å²) in [5.41, 5.74) is 9.40. The second-order valence-corrected chi connectivity index (χ2v) is 7.56. The zero-order valence-electron chi connectivity index (χ0n) is 16.5. The highest BCUT2D eigenvalue weighted by Gasteiger charge is 2.22. The predicted molar refractivity (Wildman–Crippen MR) is 116 cm³/mol. The van der Waals surface area contributed by atoms with Gasteiger partial charge in [0.15, 0.2) is 11.6 Å². The van der Waals surface area contributed by atoms with Crippen LogP contribution in [0, 0.1) is 0 Å². The van der Waals surface area contributed by atoms with E-state index in [0.29, 0.717) is 29.1 Å². The van der Waals surface area contributed by atoms with Crippen molar-refractivity contribution in [2.24, 2.45) is 5.73 Å². The molecule has 2 heterocycles. The van der Waals surface area contributed by atoms with Crippen LogP contribution < -0.4 is 11.1 Å². The third kappa shape index (κ3) is 3.30. The SMILES string of the molecule is NC(=O)c1cccc2c(-c3nc4c(c(NCc5ccccc5)n3)CCCC4)occ12. The molecule has 6 nitrogen and oxygen atoms in total. The summed E-state index contributed by atoms with van der Waals surface area (Å²) in [6.07, 6.45) is 5.71. The summed E-state index contributed by atoms with van der Waals surface area (Å²) in [7, 11) is 0. The third-order valence-electron chi connectivity index (χ3n) is 5.60. The van der Waals surface area contributed by atoms with Gasteiger partial charge in [-0.25, -0.2) is 9.97 Å². The largest absolute Gasteiger partial charge is 0.460 e. The number of benzene rings is 2. The fourth-order valence-electron chi connectivity index (χ4n) is 4.08. The molecule has 3 N–H and O–H groups in total. The zero-order chi connectivity index (χ0) is 20.5. The van der Waals surface area contributed by atoms with Crippen molar-refractivity contribution in [2.45, 2.75) is 32.2 Å². The van der Waals surface area contributed by atoms with Gasteiger partial charge in [0, 0.05) is 28.6 Å². The number of nitrogens with two attached hydrogens (primary N) is 1. The smallest absolute Gasteiger partial charge is 0.249 e. The standard InChI is InChI=1S/C24H22N4O2/c25-22(29)17-11-6-10-16-19(17)14-30-21(16)24-27-20-12-5-4-9-18(20)23(28-24)26-13-15-7-2-1-3-8-15/h1-3,6-8,10-11,14H,4-5,9,12-13H2,(H2,25,29)(H,26,27,28). The van der Waals surface area contributed by atoms with E-state index in [9.17, 15) is 4.79 Å². The van der Waals surface area contributed by atoms with Gasteiger partial charge in [-0.1, -0.05) is 42.5 Å². The Morgan fingerprint density at radius 3 is 2.67 bits per heavy atom. The van der Waals surface area contributed by atoms with Gasteiger partial charge in [0.1, 0.15) is 12.1 Å². The lowest BCUT2D eigenvalue weighted by atomic mass is 9.96. The molecule has 2 aromatic carbocycles. The highest BCUT2D eigenvalue weighted by Crippen LogP contribution is 2.34. The molecular weight excluding hydrogens is 376 g/mol. The summed E-state index contributed by atoms with van der Waals surface area (Å²) in [5.74, 6) is 1.46. The highest BCUT2D eigenvalue weighted by atomic mass is 16.3. The molecule has 0 radical (unpaired) electrons. The third-order valence-corrected chi connectivity index (χ3v) is 5.60. The molecule has 150 valence electrons. The summed E-state index contributed by atoms with van der Waals surface area (Å²) in [6.45, 7) is 0.689. The van der Waals surface area contributed by atoms with Gasteiger partial charge in [-0.3, -0.25) is 4.79 Å². The van der Waals surface area contributed by atoms with Gasteiger partial charge in [-0.05, 0) is 37.3 Å². The lowest BCUT2D eigenvalue weighted by Crippen LogP contribution is -2.13. The van der Waals surface area contributed by atoms with E-state index in [1.54, 1.807) is 18.4 Å². The quantitative estimate of drug-likeness (QED) is 0.517. The van der Waals surface area contributed by atoms with Crippen molar-refractivity contribution in [1.29, 1.82) is 0 Å². The first-order valence-electron chi connectivity index (χ1n) is 10.2. The number of carbonyl (C=O) groups is 1. The van der Waals surface area contributed by atoms with Crippen molar-refractivity contribution in [1.82, 2.24) is 9.97 Å².